The number of rotatable bonds is 5. The Morgan fingerprint density at radius 3 is 2.41 bits per heavy atom. The van der Waals surface area contributed by atoms with E-state index in [0.29, 0.717) is 23.4 Å². The summed E-state index contributed by atoms with van der Waals surface area (Å²) in [6.07, 6.45) is 3.41. The van der Waals surface area contributed by atoms with Crippen molar-refractivity contribution in [1.82, 2.24) is 24.3 Å². The number of nitrogens with zero attached hydrogens (tertiary/aromatic N) is 5. The highest BCUT2D eigenvalue weighted by atomic mass is 19.3. The molecule has 1 unspecified atom stereocenters. The number of halogens is 2. The van der Waals surface area contributed by atoms with Gasteiger partial charge in [0.1, 0.15) is 5.82 Å². The van der Waals surface area contributed by atoms with Crippen LogP contribution in [-0.4, -0.2) is 76.0 Å². The molecule has 0 bridgehead atoms. The van der Waals surface area contributed by atoms with Crippen LogP contribution in [0, 0.1) is 0 Å². The number of amides is 1. The minimum atomic E-state index is -2.62. The topological polar surface area (TPSA) is 44.6 Å². The number of benzene rings is 1. The summed E-state index contributed by atoms with van der Waals surface area (Å²) in [6, 6.07) is 6.83. The van der Waals surface area contributed by atoms with Gasteiger partial charge in [-0.2, -0.15) is 8.78 Å². The summed E-state index contributed by atoms with van der Waals surface area (Å²) in [6.45, 7) is 4.52. The van der Waals surface area contributed by atoms with E-state index in [1.807, 2.05) is 17.9 Å². The molecule has 0 radical (unpaired) electrons. The van der Waals surface area contributed by atoms with E-state index in [2.05, 4.69) is 14.8 Å². The third-order valence-corrected chi connectivity index (χ3v) is 6.21. The number of alkyl halides is 2. The predicted molar refractivity (Wildman–Crippen MR) is 108 cm³/mol. The van der Waals surface area contributed by atoms with Crippen molar-refractivity contribution in [3.8, 4) is 0 Å². The van der Waals surface area contributed by atoms with Gasteiger partial charge in [0, 0.05) is 39.3 Å². The molecule has 0 spiro atoms. The van der Waals surface area contributed by atoms with Crippen molar-refractivity contribution in [2.75, 3.05) is 45.8 Å². The molecule has 1 amide bonds. The van der Waals surface area contributed by atoms with E-state index in [4.69, 9.17) is 0 Å². The zero-order valence-electron chi connectivity index (χ0n) is 16.9. The van der Waals surface area contributed by atoms with E-state index >= 15 is 0 Å². The maximum absolute atomic E-state index is 13.8. The number of para-hydroxylation sites is 2. The lowest BCUT2D eigenvalue weighted by atomic mass is 10.1. The molecule has 8 heteroatoms. The van der Waals surface area contributed by atoms with E-state index in [-0.39, 0.29) is 11.9 Å². The van der Waals surface area contributed by atoms with Crippen LogP contribution < -0.4 is 0 Å². The summed E-state index contributed by atoms with van der Waals surface area (Å²) in [4.78, 5) is 23.3. The summed E-state index contributed by atoms with van der Waals surface area (Å²) in [5.41, 5.74) is 1.07. The second kappa shape index (κ2) is 8.75. The average molecular weight is 405 g/mol. The number of imidazole rings is 1. The van der Waals surface area contributed by atoms with Crippen LogP contribution in [0.15, 0.2) is 24.3 Å². The van der Waals surface area contributed by atoms with Crippen LogP contribution in [-0.2, 0) is 4.79 Å². The lowest BCUT2D eigenvalue weighted by Crippen LogP contribution is -2.51. The summed E-state index contributed by atoms with van der Waals surface area (Å²) in [7, 11) is 0. The number of hydrogen-bond acceptors (Lipinski definition) is 4. The summed E-state index contributed by atoms with van der Waals surface area (Å²) in [5, 5.41) is 0. The Hall–Kier alpha value is -2.06. The molecule has 2 aromatic rings. The van der Waals surface area contributed by atoms with Crippen molar-refractivity contribution < 1.29 is 13.6 Å². The predicted octanol–water partition coefficient (Wildman–Crippen LogP) is 3.12. The van der Waals surface area contributed by atoms with Crippen LogP contribution in [0.2, 0.25) is 0 Å². The van der Waals surface area contributed by atoms with E-state index in [1.54, 1.807) is 18.2 Å². The number of fused-ring (bicyclic) bond motifs is 1. The maximum Gasteiger partial charge on any atom is 0.320 e. The van der Waals surface area contributed by atoms with Gasteiger partial charge in [-0.05, 0) is 38.3 Å². The Kier molecular flexibility index (Phi) is 6.10. The van der Waals surface area contributed by atoms with E-state index in [0.717, 1.165) is 56.7 Å². The van der Waals surface area contributed by atoms with Crippen LogP contribution in [0.3, 0.4) is 0 Å². The van der Waals surface area contributed by atoms with Gasteiger partial charge in [0.15, 0.2) is 0 Å². The zero-order valence-corrected chi connectivity index (χ0v) is 16.9. The lowest BCUT2D eigenvalue weighted by Gasteiger charge is -2.38. The fourth-order valence-electron chi connectivity index (χ4n) is 4.47. The van der Waals surface area contributed by atoms with Gasteiger partial charge < -0.3 is 4.90 Å². The minimum absolute atomic E-state index is 0.212. The second-order valence-electron chi connectivity index (χ2n) is 8.04. The van der Waals surface area contributed by atoms with Gasteiger partial charge in [0.05, 0.1) is 23.6 Å². The Balaban J connectivity index is 1.39. The van der Waals surface area contributed by atoms with Gasteiger partial charge in [-0.3, -0.25) is 19.2 Å². The third kappa shape index (κ3) is 4.28. The highest BCUT2D eigenvalue weighted by Crippen LogP contribution is 2.29. The maximum atomic E-state index is 13.8. The highest BCUT2D eigenvalue weighted by molar-refractivity contribution is 5.78. The molecule has 29 heavy (non-hydrogen) atoms. The molecule has 2 aliphatic rings. The van der Waals surface area contributed by atoms with Crippen molar-refractivity contribution in [3.63, 3.8) is 0 Å². The van der Waals surface area contributed by atoms with Crippen LogP contribution in [0.4, 0.5) is 8.78 Å². The van der Waals surface area contributed by atoms with Crippen molar-refractivity contribution in [2.45, 2.75) is 38.8 Å². The molecule has 2 aliphatic heterocycles. The SMILES string of the molecule is CC(c1nc2ccccc2n1C(F)F)N1CCN(CC(=O)N2CCCCC2)CC1. The molecule has 0 N–H and O–H groups in total. The van der Waals surface area contributed by atoms with Crippen molar-refractivity contribution in [2.24, 2.45) is 0 Å². The van der Waals surface area contributed by atoms with Crippen LogP contribution in [0.5, 0.6) is 0 Å². The van der Waals surface area contributed by atoms with Crippen LogP contribution in [0.1, 0.15) is 44.6 Å². The average Bonchev–Trinajstić information content (AvgIpc) is 3.14. The molecule has 2 fully saturated rings. The number of piperidine rings is 1. The fourth-order valence-corrected chi connectivity index (χ4v) is 4.47. The number of carbonyl (C=O) groups is 1. The smallest absolute Gasteiger partial charge is 0.320 e. The Bertz CT molecular complexity index is 841. The molecule has 4 rings (SSSR count). The van der Waals surface area contributed by atoms with Crippen molar-refractivity contribution in [1.29, 1.82) is 0 Å². The van der Waals surface area contributed by atoms with Gasteiger partial charge in [-0.1, -0.05) is 12.1 Å². The molecule has 1 aromatic heterocycles. The first-order valence-electron chi connectivity index (χ1n) is 10.5. The molecule has 158 valence electrons. The molecule has 2 saturated heterocycles. The van der Waals surface area contributed by atoms with E-state index in [9.17, 15) is 13.6 Å². The molecule has 6 nitrogen and oxygen atoms in total. The number of likely N-dealkylation sites (tertiary alicyclic amines) is 1. The number of aromatic nitrogens is 2. The van der Waals surface area contributed by atoms with Gasteiger partial charge >= 0.3 is 6.55 Å². The number of piperazine rings is 1. The molecular formula is C21H29F2N5O. The first-order chi connectivity index (χ1) is 14.0. The fraction of sp³-hybridized carbons (Fsp3) is 0.619. The molecule has 0 aliphatic carbocycles. The van der Waals surface area contributed by atoms with E-state index in [1.165, 1.54) is 6.42 Å². The Morgan fingerprint density at radius 2 is 1.72 bits per heavy atom. The molecule has 3 heterocycles. The van der Waals surface area contributed by atoms with Crippen molar-refractivity contribution >= 4 is 16.9 Å². The number of hydrogen-bond donors (Lipinski definition) is 0. The third-order valence-electron chi connectivity index (χ3n) is 6.21. The van der Waals surface area contributed by atoms with Crippen LogP contribution in [0.25, 0.3) is 11.0 Å². The molecule has 1 aromatic carbocycles. The monoisotopic (exact) mass is 405 g/mol. The summed E-state index contributed by atoms with van der Waals surface area (Å²) < 4.78 is 28.6. The van der Waals surface area contributed by atoms with Gasteiger partial charge in [0.2, 0.25) is 5.91 Å². The van der Waals surface area contributed by atoms with Gasteiger partial charge in [-0.15, -0.1) is 0 Å². The normalized spacial score (nSPS) is 20.5. The Labute approximate surface area is 170 Å². The quantitative estimate of drug-likeness (QED) is 0.767. The first-order valence-corrected chi connectivity index (χ1v) is 10.5. The van der Waals surface area contributed by atoms with Crippen LogP contribution >= 0.6 is 0 Å². The Morgan fingerprint density at radius 1 is 1.03 bits per heavy atom. The molecule has 0 saturated carbocycles. The zero-order chi connectivity index (χ0) is 20.4. The van der Waals surface area contributed by atoms with Crippen molar-refractivity contribution in [3.05, 3.63) is 30.1 Å². The largest absolute Gasteiger partial charge is 0.342 e. The first kappa shape index (κ1) is 20.2. The minimum Gasteiger partial charge on any atom is -0.342 e. The highest BCUT2D eigenvalue weighted by Gasteiger charge is 2.29. The van der Waals surface area contributed by atoms with Gasteiger partial charge in [0.25, 0.3) is 0 Å². The summed E-state index contributed by atoms with van der Waals surface area (Å²) >= 11 is 0. The molecular weight excluding hydrogens is 376 g/mol. The number of carbonyl (C=O) groups excluding carboxylic acids is 1. The lowest BCUT2D eigenvalue weighted by molar-refractivity contribution is -0.133. The van der Waals surface area contributed by atoms with E-state index < -0.39 is 6.55 Å². The molecule has 1 atom stereocenters. The summed E-state index contributed by atoms with van der Waals surface area (Å²) in [5.74, 6) is 0.615. The standard InChI is InChI=1S/C21H29F2N5O/c1-16(20-24-17-7-3-4-8-18(17)28(20)21(22)23)26-13-11-25(12-14-26)15-19(29)27-9-5-2-6-10-27/h3-4,7-8,16,21H,2,5-6,9-15H2,1H3. The van der Waals surface area contributed by atoms with Gasteiger partial charge in [-0.25, -0.2) is 4.98 Å². The second-order valence-corrected chi connectivity index (χ2v) is 8.04.